The summed E-state index contributed by atoms with van der Waals surface area (Å²) in [6.45, 7) is 15.3. The summed E-state index contributed by atoms with van der Waals surface area (Å²) in [5.74, 6) is 0. The van der Waals surface area contributed by atoms with Gasteiger partial charge >= 0.3 is 0 Å². The Morgan fingerprint density at radius 1 is 1.17 bits per heavy atom. The molecule has 0 saturated carbocycles. The van der Waals surface area contributed by atoms with Gasteiger partial charge in [-0.2, -0.15) is 8.78 Å². The second-order valence-electron chi connectivity index (χ2n) is 4.40. The summed E-state index contributed by atoms with van der Waals surface area (Å²) < 4.78 is 25.0. The van der Waals surface area contributed by atoms with Crippen molar-refractivity contribution >= 4 is 0 Å². The molecule has 0 unspecified atom stereocenters. The van der Waals surface area contributed by atoms with Crippen LogP contribution in [0.25, 0.3) is 0 Å². The number of halogens is 2. The van der Waals surface area contributed by atoms with E-state index in [1.54, 1.807) is 0 Å². The van der Waals surface area contributed by atoms with Gasteiger partial charge in [0.25, 0.3) is 6.08 Å². The first kappa shape index (κ1) is 17.3. The van der Waals surface area contributed by atoms with Gasteiger partial charge in [0.15, 0.2) is 0 Å². The predicted molar refractivity (Wildman–Crippen MR) is 74.9 cm³/mol. The third-order valence-electron chi connectivity index (χ3n) is 3.51. The fourth-order valence-electron chi connectivity index (χ4n) is 2.75. The van der Waals surface area contributed by atoms with Gasteiger partial charge in [0, 0.05) is 24.2 Å². The molecule has 0 aromatic heterocycles. The van der Waals surface area contributed by atoms with Crippen LogP contribution in [0.15, 0.2) is 23.8 Å². The van der Waals surface area contributed by atoms with Crippen LogP contribution in [0.1, 0.15) is 53.9 Å². The van der Waals surface area contributed by atoms with E-state index in [1.165, 1.54) is 5.57 Å². The molecule has 0 N–H and O–H groups in total. The van der Waals surface area contributed by atoms with Gasteiger partial charge in [-0.25, -0.2) is 0 Å². The number of hydrogen-bond acceptors (Lipinski definition) is 1. The average molecular weight is 259 g/mol. The minimum absolute atomic E-state index is 0.0319. The highest BCUT2D eigenvalue weighted by molar-refractivity contribution is 5.27. The van der Waals surface area contributed by atoms with Crippen molar-refractivity contribution in [3.8, 4) is 0 Å². The first-order valence-electron chi connectivity index (χ1n) is 7.02. The summed E-state index contributed by atoms with van der Waals surface area (Å²) in [7, 11) is 0. The van der Waals surface area contributed by atoms with E-state index in [4.69, 9.17) is 0 Å². The molecule has 1 atom stereocenters. The fourth-order valence-corrected chi connectivity index (χ4v) is 2.75. The van der Waals surface area contributed by atoms with Crippen LogP contribution < -0.4 is 0 Å². The van der Waals surface area contributed by atoms with Crippen molar-refractivity contribution < 1.29 is 8.78 Å². The molecule has 2 aliphatic heterocycles. The molecule has 0 amide bonds. The zero-order valence-electron chi connectivity index (χ0n) is 12.4. The van der Waals surface area contributed by atoms with Gasteiger partial charge in [0.2, 0.25) is 0 Å². The lowest BCUT2D eigenvalue weighted by molar-refractivity contribution is 0.189. The van der Waals surface area contributed by atoms with Crippen LogP contribution in [0.2, 0.25) is 0 Å². The van der Waals surface area contributed by atoms with Crippen molar-refractivity contribution in [2.75, 3.05) is 13.1 Å². The lowest BCUT2D eigenvalue weighted by Gasteiger charge is -2.29. The van der Waals surface area contributed by atoms with Crippen molar-refractivity contribution in [2.24, 2.45) is 0 Å². The van der Waals surface area contributed by atoms with Crippen LogP contribution in [0, 0.1) is 0 Å². The Morgan fingerprint density at radius 3 is 2.11 bits per heavy atom. The van der Waals surface area contributed by atoms with Gasteiger partial charge in [-0.15, -0.1) is 0 Å². The highest BCUT2D eigenvalue weighted by Crippen LogP contribution is 2.45. The number of hydrogen-bond donors (Lipinski definition) is 0. The fraction of sp³-hybridized carbons (Fsp3) is 0.733. The van der Waals surface area contributed by atoms with Gasteiger partial charge in [-0.05, 0) is 19.3 Å². The topological polar surface area (TPSA) is 3.24 Å². The molecule has 0 radical (unpaired) electrons. The highest BCUT2D eigenvalue weighted by atomic mass is 19.3. The summed E-state index contributed by atoms with van der Waals surface area (Å²) in [4.78, 5) is 2.16. The molecule has 0 bridgehead atoms. The van der Waals surface area contributed by atoms with E-state index in [-0.39, 0.29) is 5.54 Å². The van der Waals surface area contributed by atoms with Gasteiger partial charge < -0.3 is 0 Å². The summed E-state index contributed by atoms with van der Waals surface area (Å²) in [5.41, 5.74) is 1.49. The Kier molecular flexibility index (Phi) is 7.37. The van der Waals surface area contributed by atoms with Crippen molar-refractivity contribution in [1.29, 1.82) is 0 Å². The molecule has 18 heavy (non-hydrogen) atoms. The van der Waals surface area contributed by atoms with Gasteiger partial charge in [-0.1, -0.05) is 46.8 Å². The number of nitrogens with zero attached hydrogens (tertiary/aromatic N) is 1. The summed E-state index contributed by atoms with van der Waals surface area (Å²) in [6, 6.07) is 0. The van der Waals surface area contributed by atoms with E-state index in [9.17, 15) is 8.78 Å². The molecule has 2 saturated heterocycles. The molecule has 106 valence electrons. The standard InChI is InChI=1S/C11H15F2N.2C2H6/c1-3-11-4-8(2)6-14(11)7-9(5-11)10(12)13;2*1-2/h2-7H2,1H3;2*1-2H3/t11-;;/m1../s1. The molecule has 1 nitrogen and oxygen atoms in total. The quantitative estimate of drug-likeness (QED) is 0.599. The zero-order chi connectivity index (χ0) is 14.3. The Labute approximate surface area is 111 Å². The van der Waals surface area contributed by atoms with Crippen LogP contribution in [-0.4, -0.2) is 23.5 Å². The van der Waals surface area contributed by atoms with Crippen LogP contribution in [-0.2, 0) is 0 Å². The van der Waals surface area contributed by atoms with E-state index in [0.717, 1.165) is 19.4 Å². The van der Waals surface area contributed by atoms with Crippen molar-refractivity contribution in [3.05, 3.63) is 23.8 Å². The predicted octanol–water partition coefficient (Wildman–Crippen LogP) is 5.00. The SMILES string of the molecule is C=C1CN2CC(=C(F)F)C[C@@]2(CC)C1.CC.CC. The first-order chi connectivity index (χ1) is 8.57. The molecule has 2 rings (SSSR count). The zero-order valence-corrected chi connectivity index (χ0v) is 12.4. The number of fused-ring (bicyclic) bond motifs is 1. The third-order valence-corrected chi connectivity index (χ3v) is 3.51. The van der Waals surface area contributed by atoms with Crippen molar-refractivity contribution in [2.45, 2.75) is 59.4 Å². The Morgan fingerprint density at radius 2 is 1.72 bits per heavy atom. The molecule has 2 fully saturated rings. The third kappa shape index (κ3) is 3.41. The molecular weight excluding hydrogens is 232 g/mol. The van der Waals surface area contributed by atoms with Crippen molar-refractivity contribution in [1.82, 2.24) is 4.90 Å². The monoisotopic (exact) mass is 259 g/mol. The maximum Gasteiger partial charge on any atom is 0.270 e. The van der Waals surface area contributed by atoms with Gasteiger partial charge in [0.1, 0.15) is 0 Å². The minimum Gasteiger partial charge on any atom is -0.289 e. The summed E-state index contributed by atoms with van der Waals surface area (Å²) in [6.07, 6.45) is 0.881. The molecule has 0 aliphatic carbocycles. The molecular formula is C15H27F2N. The van der Waals surface area contributed by atoms with E-state index < -0.39 is 6.08 Å². The lowest BCUT2D eigenvalue weighted by atomic mass is 9.89. The lowest BCUT2D eigenvalue weighted by Crippen LogP contribution is -2.37. The Hall–Kier alpha value is -0.700. The molecule has 2 heterocycles. The minimum atomic E-state index is -1.47. The Bertz CT molecular complexity index is 306. The van der Waals surface area contributed by atoms with Crippen LogP contribution >= 0.6 is 0 Å². The summed E-state index contributed by atoms with van der Waals surface area (Å²) >= 11 is 0. The summed E-state index contributed by atoms with van der Waals surface area (Å²) in [5, 5.41) is 0. The van der Waals surface area contributed by atoms with E-state index in [1.807, 2.05) is 27.7 Å². The van der Waals surface area contributed by atoms with Crippen LogP contribution in [0.5, 0.6) is 0 Å². The van der Waals surface area contributed by atoms with Gasteiger partial charge in [0.05, 0.1) is 0 Å². The maximum absolute atomic E-state index is 12.5. The second kappa shape index (κ2) is 7.67. The maximum atomic E-state index is 12.5. The molecule has 2 aliphatic rings. The largest absolute Gasteiger partial charge is 0.289 e. The van der Waals surface area contributed by atoms with Gasteiger partial charge in [-0.3, -0.25) is 4.90 Å². The van der Waals surface area contributed by atoms with E-state index in [0.29, 0.717) is 18.5 Å². The van der Waals surface area contributed by atoms with E-state index >= 15 is 0 Å². The van der Waals surface area contributed by atoms with Crippen LogP contribution in [0.3, 0.4) is 0 Å². The average Bonchev–Trinajstić information content (AvgIpc) is 2.87. The Balaban J connectivity index is 0.000000659. The van der Waals surface area contributed by atoms with Crippen LogP contribution in [0.4, 0.5) is 8.78 Å². The molecule has 0 spiro atoms. The molecule has 0 aromatic rings. The molecule has 3 heteroatoms. The highest BCUT2D eigenvalue weighted by Gasteiger charge is 2.47. The first-order valence-corrected chi connectivity index (χ1v) is 7.02. The normalized spacial score (nSPS) is 25.9. The van der Waals surface area contributed by atoms with Crippen molar-refractivity contribution in [3.63, 3.8) is 0 Å². The number of rotatable bonds is 1. The van der Waals surface area contributed by atoms with E-state index in [2.05, 4.69) is 18.4 Å². The second-order valence-corrected chi connectivity index (χ2v) is 4.40. The molecule has 0 aromatic carbocycles. The smallest absolute Gasteiger partial charge is 0.270 e.